The Morgan fingerprint density at radius 2 is 2.06 bits per heavy atom. The van der Waals surface area contributed by atoms with Gasteiger partial charge in [-0.05, 0) is 24.9 Å². The summed E-state index contributed by atoms with van der Waals surface area (Å²) in [5, 5.41) is 3.51. The van der Waals surface area contributed by atoms with Gasteiger partial charge in [0.1, 0.15) is 0 Å². The van der Waals surface area contributed by atoms with Crippen LogP contribution in [0.3, 0.4) is 0 Å². The van der Waals surface area contributed by atoms with E-state index in [0.717, 1.165) is 30.4 Å². The lowest BCUT2D eigenvalue weighted by atomic mass is 10.00. The van der Waals surface area contributed by atoms with Crippen LogP contribution in [0.15, 0.2) is 18.2 Å². The zero-order valence-electron chi connectivity index (χ0n) is 10.1. The van der Waals surface area contributed by atoms with Crippen molar-refractivity contribution in [3.8, 4) is 11.5 Å². The van der Waals surface area contributed by atoms with Crippen LogP contribution in [0.25, 0.3) is 0 Å². The summed E-state index contributed by atoms with van der Waals surface area (Å²) in [5.74, 6) is 2.39. The van der Waals surface area contributed by atoms with Gasteiger partial charge in [0.25, 0.3) is 0 Å². The van der Waals surface area contributed by atoms with Crippen molar-refractivity contribution >= 4 is 0 Å². The topological polar surface area (TPSA) is 30.5 Å². The Morgan fingerprint density at radius 1 is 1.25 bits per heavy atom. The fraction of sp³-hybridized carbons (Fsp3) is 0.538. The molecule has 0 spiro atoms. The minimum Gasteiger partial charge on any atom is -0.493 e. The number of hydrogen-bond acceptors (Lipinski definition) is 3. The highest BCUT2D eigenvalue weighted by Crippen LogP contribution is 2.38. The van der Waals surface area contributed by atoms with Crippen LogP contribution in [-0.4, -0.2) is 20.8 Å². The van der Waals surface area contributed by atoms with Gasteiger partial charge in [-0.25, -0.2) is 0 Å². The van der Waals surface area contributed by atoms with Crippen molar-refractivity contribution in [3.63, 3.8) is 0 Å². The van der Waals surface area contributed by atoms with E-state index in [1.165, 1.54) is 5.56 Å². The third kappa shape index (κ3) is 2.00. The van der Waals surface area contributed by atoms with E-state index in [0.29, 0.717) is 6.04 Å². The molecule has 1 N–H and O–H groups in total. The molecule has 0 unspecified atom stereocenters. The summed E-state index contributed by atoms with van der Waals surface area (Å²) < 4.78 is 10.8. The van der Waals surface area contributed by atoms with E-state index in [4.69, 9.17) is 9.47 Å². The lowest BCUT2D eigenvalue weighted by molar-refractivity contribution is 0.348. The predicted octanol–water partition coefficient (Wildman–Crippen LogP) is 2.37. The Morgan fingerprint density at radius 3 is 2.62 bits per heavy atom. The Bertz CT molecular complexity index is 365. The quantitative estimate of drug-likeness (QED) is 0.850. The van der Waals surface area contributed by atoms with E-state index in [9.17, 15) is 0 Å². The van der Waals surface area contributed by atoms with E-state index < -0.39 is 0 Å². The number of nitrogens with one attached hydrogen (secondary N) is 1. The first kappa shape index (κ1) is 11.3. The molecule has 1 heterocycles. The van der Waals surface area contributed by atoms with Gasteiger partial charge in [-0.1, -0.05) is 19.1 Å². The summed E-state index contributed by atoms with van der Waals surface area (Å²) in [7, 11) is 3.37. The highest BCUT2D eigenvalue weighted by molar-refractivity contribution is 5.48. The first-order valence-corrected chi connectivity index (χ1v) is 5.70. The third-order valence-electron chi connectivity index (χ3n) is 3.16. The maximum absolute atomic E-state index is 5.45. The molecule has 1 aliphatic heterocycles. The van der Waals surface area contributed by atoms with Gasteiger partial charge >= 0.3 is 0 Å². The summed E-state index contributed by atoms with van der Waals surface area (Å²) in [4.78, 5) is 0. The lowest BCUT2D eigenvalue weighted by Crippen LogP contribution is -2.14. The molecule has 0 aliphatic carbocycles. The SMILES string of the molecule is COc1cccc([C@H]2C[C@H](C)CN2)c1OC. The minimum atomic E-state index is 0.389. The van der Waals surface area contributed by atoms with Crippen molar-refractivity contribution in [3.05, 3.63) is 23.8 Å². The molecular formula is C13H19NO2. The second kappa shape index (κ2) is 4.74. The van der Waals surface area contributed by atoms with Gasteiger partial charge in [0.15, 0.2) is 11.5 Å². The molecule has 2 rings (SSSR count). The zero-order chi connectivity index (χ0) is 11.5. The Hall–Kier alpha value is -1.22. The van der Waals surface area contributed by atoms with Crippen molar-refractivity contribution in [1.29, 1.82) is 0 Å². The summed E-state index contributed by atoms with van der Waals surface area (Å²) in [5.41, 5.74) is 1.20. The molecule has 88 valence electrons. The molecule has 16 heavy (non-hydrogen) atoms. The fourth-order valence-electron chi connectivity index (χ4n) is 2.34. The number of hydrogen-bond donors (Lipinski definition) is 1. The normalized spacial score (nSPS) is 24.4. The van der Waals surface area contributed by atoms with Gasteiger partial charge in [-0.3, -0.25) is 0 Å². The molecule has 3 nitrogen and oxygen atoms in total. The molecule has 0 bridgehead atoms. The highest BCUT2D eigenvalue weighted by atomic mass is 16.5. The number of rotatable bonds is 3. The van der Waals surface area contributed by atoms with Gasteiger partial charge < -0.3 is 14.8 Å². The predicted molar refractivity (Wildman–Crippen MR) is 64.1 cm³/mol. The van der Waals surface area contributed by atoms with Crippen molar-refractivity contribution in [2.75, 3.05) is 20.8 Å². The average Bonchev–Trinajstić information content (AvgIpc) is 2.74. The van der Waals surface area contributed by atoms with Gasteiger partial charge in [0, 0.05) is 11.6 Å². The molecule has 0 radical (unpaired) electrons. The number of para-hydroxylation sites is 1. The molecular weight excluding hydrogens is 202 g/mol. The lowest BCUT2D eigenvalue weighted by Gasteiger charge is -2.17. The van der Waals surface area contributed by atoms with E-state index in [-0.39, 0.29) is 0 Å². The number of methoxy groups -OCH3 is 2. The first-order chi connectivity index (χ1) is 7.76. The molecule has 1 aromatic rings. The van der Waals surface area contributed by atoms with E-state index >= 15 is 0 Å². The monoisotopic (exact) mass is 221 g/mol. The van der Waals surface area contributed by atoms with Crippen LogP contribution in [0.5, 0.6) is 11.5 Å². The first-order valence-electron chi connectivity index (χ1n) is 5.70. The van der Waals surface area contributed by atoms with E-state index in [1.807, 2.05) is 12.1 Å². The van der Waals surface area contributed by atoms with Crippen LogP contribution in [-0.2, 0) is 0 Å². The van der Waals surface area contributed by atoms with E-state index in [2.05, 4.69) is 18.3 Å². The number of ether oxygens (including phenoxy) is 2. The molecule has 1 aromatic carbocycles. The molecule has 2 atom stereocenters. The van der Waals surface area contributed by atoms with Gasteiger partial charge in [0.2, 0.25) is 0 Å². The van der Waals surface area contributed by atoms with Crippen LogP contribution in [0.1, 0.15) is 24.9 Å². The average molecular weight is 221 g/mol. The molecule has 1 aliphatic rings. The Kier molecular flexibility index (Phi) is 3.34. The van der Waals surface area contributed by atoms with Crippen molar-refractivity contribution in [1.82, 2.24) is 5.32 Å². The molecule has 1 fully saturated rings. The summed E-state index contributed by atoms with van der Waals surface area (Å²) in [6, 6.07) is 6.44. The van der Waals surface area contributed by atoms with Gasteiger partial charge in [-0.2, -0.15) is 0 Å². The second-order valence-electron chi connectivity index (χ2n) is 4.38. The van der Waals surface area contributed by atoms with Gasteiger partial charge in [-0.15, -0.1) is 0 Å². The van der Waals surface area contributed by atoms with Crippen LogP contribution < -0.4 is 14.8 Å². The summed E-state index contributed by atoms with van der Waals surface area (Å²) >= 11 is 0. The van der Waals surface area contributed by atoms with Crippen molar-refractivity contribution < 1.29 is 9.47 Å². The standard InChI is InChI=1S/C13H19NO2/c1-9-7-11(14-8-9)10-5-4-6-12(15-2)13(10)16-3/h4-6,9,11,14H,7-8H2,1-3H3/t9-,11+/m0/s1. The maximum atomic E-state index is 5.45. The van der Waals surface area contributed by atoms with E-state index in [1.54, 1.807) is 14.2 Å². The van der Waals surface area contributed by atoms with Crippen LogP contribution in [0, 0.1) is 5.92 Å². The fourth-order valence-corrected chi connectivity index (χ4v) is 2.34. The molecule has 0 aromatic heterocycles. The maximum Gasteiger partial charge on any atom is 0.165 e. The van der Waals surface area contributed by atoms with Crippen LogP contribution in [0.4, 0.5) is 0 Å². The van der Waals surface area contributed by atoms with Gasteiger partial charge in [0.05, 0.1) is 14.2 Å². The molecule has 1 saturated heterocycles. The summed E-state index contributed by atoms with van der Waals surface area (Å²) in [6.45, 7) is 3.34. The van der Waals surface area contributed by atoms with Crippen molar-refractivity contribution in [2.24, 2.45) is 5.92 Å². The molecule has 0 saturated carbocycles. The minimum absolute atomic E-state index is 0.389. The largest absolute Gasteiger partial charge is 0.493 e. The smallest absolute Gasteiger partial charge is 0.165 e. The number of benzene rings is 1. The third-order valence-corrected chi connectivity index (χ3v) is 3.16. The van der Waals surface area contributed by atoms with Crippen LogP contribution >= 0.6 is 0 Å². The second-order valence-corrected chi connectivity index (χ2v) is 4.38. The zero-order valence-corrected chi connectivity index (χ0v) is 10.1. The van der Waals surface area contributed by atoms with Crippen molar-refractivity contribution in [2.45, 2.75) is 19.4 Å². The highest BCUT2D eigenvalue weighted by Gasteiger charge is 2.25. The summed E-state index contributed by atoms with van der Waals surface area (Å²) in [6.07, 6.45) is 1.16. The molecule has 3 heteroatoms. The van der Waals surface area contributed by atoms with Crippen LogP contribution in [0.2, 0.25) is 0 Å². The molecule has 0 amide bonds. The Balaban J connectivity index is 2.32. The Labute approximate surface area is 96.8 Å².